The lowest BCUT2D eigenvalue weighted by Crippen LogP contribution is -2.46. The molecule has 0 aromatic heterocycles. The molecule has 0 spiro atoms. The van der Waals surface area contributed by atoms with Gasteiger partial charge in [-0.1, -0.05) is 24.3 Å². The molecule has 0 N–H and O–H groups in total. The topological polar surface area (TPSA) is 18.5 Å². The van der Waals surface area contributed by atoms with Crippen LogP contribution in [0.25, 0.3) is 43.1 Å². The number of hydrogen-bond donors (Lipinski definition) is 0. The van der Waals surface area contributed by atoms with Crippen LogP contribution in [0.1, 0.15) is 0 Å². The van der Waals surface area contributed by atoms with Crippen molar-refractivity contribution >= 4 is 55.7 Å². The molecule has 0 amide bonds. The standard InChI is InChI=1S/C34H7BF16O2/c36-11-5-1-3-8-7-10-15(20(38)13(8)11)22(40)28(46)26(44)18(10)35(52-12-6-2-4-9-14(12)21(39)29(47)27(45)19(9)37)53-34-17-16(24(42)32(50)33(34)51)23(41)30(48)31(49)25(17)43/h1-7H. The van der Waals surface area contributed by atoms with Crippen molar-refractivity contribution in [1.82, 2.24) is 0 Å². The van der Waals surface area contributed by atoms with Crippen LogP contribution in [-0.2, 0) is 0 Å². The third-order valence-electron chi connectivity index (χ3n) is 8.24. The first-order chi connectivity index (χ1) is 25.0. The van der Waals surface area contributed by atoms with Crippen molar-refractivity contribution in [2.45, 2.75) is 0 Å². The fraction of sp³-hybridized carbons (Fsp3) is 0. The highest BCUT2D eigenvalue weighted by molar-refractivity contribution is 6.66. The van der Waals surface area contributed by atoms with Crippen molar-refractivity contribution < 1.29 is 79.6 Å². The number of halogens is 16. The molecule has 270 valence electrons. The van der Waals surface area contributed by atoms with Gasteiger partial charge in [0.1, 0.15) is 17.4 Å². The molecule has 0 bridgehead atoms. The van der Waals surface area contributed by atoms with Gasteiger partial charge >= 0.3 is 7.12 Å². The molecule has 7 rings (SSSR count). The van der Waals surface area contributed by atoms with Gasteiger partial charge in [0.05, 0.1) is 32.4 Å². The Balaban J connectivity index is 1.63. The van der Waals surface area contributed by atoms with E-state index in [0.29, 0.717) is 24.3 Å². The van der Waals surface area contributed by atoms with Crippen LogP contribution < -0.4 is 14.8 Å². The fourth-order valence-corrected chi connectivity index (χ4v) is 5.86. The molecule has 0 heterocycles. The first-order valence-electron chi connectivity index (χ1n) is 14.3. The van der Waals surface area contributed by atoms with E-state index in [1.165, 1.54) is 0 Å². The van der Waals surface area contributed by atoms with Crippen molar-refractivity contribution in [1.29, 1.82) is 0 Å². The first kappa shape index (κ1) is 35.5. The van der Waals surface area contributed by atoms with Crippen molar-refractivity contribution in [3.8, 4) is 11.5 Å². The quantitative estimate of drug-likeness (QED) is 0.0572. The van der Waals surface area contributed by atoms with Gasteiger partial charge < -0.3 is 9.31 Å². The second-order valence-electron chi connectivity index (χ2n) is 11.1. The van der Waals surface area contributed by atoms with Crippen LogP contribution in [0.2, 0.25) is 0 Å². The van der Waals surface area contributed by atoms with E-state index >= 15 is 30.7 Å². The summed E-state index contributed by atoms with van der Waals surface area (Å²) in [5.74, 6) is -42.6. The normalized spacial score (nSPS) is 11.8. The summed E-state index contributed by atoms with van der Waals surface area (Å²) in [6.45, 7) is 0. The van der Waals surface area contributed by atoms with E-state index in [4.69, 9.17) is 9.31 Å². The van der Waals surface area contributed by atoms with Crippen LogP contribution in [0.15, 0.2) is 42.5 Å². The highest BCUT2D eigenvalue weighted by Crippen LogP contribution is 2.41. The van der Waals surface area contributed by atoms with Gasteiger partial charge in [0, 0.05) is 5.39 Å². The Morgan fingerprint density at radius 2 is 0.868 bits per heavy atom. The predicted molar refractivity (Wildman–Crippen MR) is 155 cm³/mol. The summed E-state index contributed by atoms with van der Waals surface area (Å²) < 4.78 is 249. The van der Waals surface area contributed by atoms with Crippen LogP contribution >= 0.6 is 0 Å². The maximum atomic E-state index is 16.0. The summed E-state index contributed by atoms with van der Waals surface area (Å²) in [6.07, 6.45) is 0. The Labute approximate surface area is 282 Å². The van der Waals surface area contributed by atoms with E-state index in [1.54, 1.807) is 0 Å². The largest absolute Gasteiger partial charge is 0.636 e. The highest BCUT2D eigenvalue weighted by atomic mass is 19.2. The second kappa shape index (κ2) is 12.4. The average Bonchev–Trinajstić information content (AvgIpc) is 3.13. The van der Waals surface area contributed by atoms with Crippen LogP contribution in [0.5, 0.6) is 11.5 Å². The SMILES string of the molecule is Fc1c(F)c(F)c2c(OB(Oc3c(F)c(F)c(F)c4c(F)c(F)c(F)c(F)c34)c3c(F)c(F)c(F)c4c(F)c5c(F)cccc5cc34)cccc2c1F. The molecule has 0 atom stereocenters. The van der Waals surface area contributed by atoms with Crippen LogP contribution in [0.3, 0.4) is 0 Å². The number of rotatable bonds is 5. The van der Waals surface area contributed by atoms with Gasteiger partial charge in [-0.2, -0.15) is 4.39 Å². The van der Waals surface area contributed by atoms with Gasteiger partial charge in [-0.15, -0.1) is 0 Å². The van der Waals surface area contributed by atoms with Crippen LogP contribution in [-0.4, -0.2) is 7.12 Å². The molecule has 0 aliphatic heterocycles. The minimum Gasteiger partial charge on any atom is -0.521 e. The molecule has 7 aromatic rings. The molecule has 2 nitrogen and oxygen atoms in total. The lowest BCUT2D eigenvalue weighted by molar-refractivity contribution is 0.383. The van der Waals surface area contributed by atoms with E-state index in [9.17, 15) is 39.5 Å². The second-order valence-corrected chi connectivity index (χ2v) is 11.1. The lowest BCUT2D eigenvalue weighted by Gasteiger charge is -2.23. The van der Waals surface area contributed by atoms with Crippen LogP contribution in [0.4, 0.5) is 70.2 Å². The number of hydrogen-bond acceptors (Lipinski definition) is 2. The van der Waals surface area contributed by atoms with E-state index in [1.807, 2.05) is 0 Å². The minimum absolute atomic E-state index is 0.547. The third kappa shape index (κ3) is 4.99. The van der Waals surface area contributed by atoms with Gasteiger partial charge in [-0.05, 0) is 29.0 Å². The van der Waals surface area contributed by atoms with Gasteiger partial charge in [0.2, 0.25) is 5.82 Å². The maximum Gasteiger partial charge on any atom is 0.636 e. The molecule has 19 heteroatoms. The Bertz CT molecular complexity index is 2770. The maximum absolute atomic E-state index is 16.0. The van der Waals surface area contributed by atoms with E-state index < -0.39 is 160 Å². The molecular formula is C34H7BF16O2. The molecule has 0 saturated carbocycles. The van der Waals surface area contributed by atoms with E-state index in [-0.39, 0.29) is 0 Å². The Morgan fingerprint density at radius 1 is 0.358 bits per heavy atom. The summed E-state index contributed by atoms with van der Waals surface area (Å²) in [5, 5.41) is -11.2. The van der Waals surface area contributed by atoms with Gasteiger partial charge in [0.25, 0.3) is 0 Å². The summed E-state index contributed by atoms with van der Waals surface area (Å²) >= 11 is 0. The summed E-state index contributed by atoms with van der Waals surface area (Å²) in [5.41, 5.74) is -1.70. The van der Waals surface area contributed by atoms with E-state index in [0.717, 1.165) is 18.2 Å². The highest BCUT2D eigenvalue weighted by Gasteiger charge is 2.41. The summed E-state index contributed by atoms with van der Waals surface area (Å²) in [6, 6.07) is 5.03. The van der Waals surface area contributed by atoms with Crippen LogP contribution in [0, 0.1) is 93.1 Å². The molecular weight excluding hydrogens is 755 g/mol. The fourth-order valence-electron chi connectivity index (χ4n) is 5.86. The monoisotopic (exact) mass is 762 g/mol. The first-order valence-corrected chi connectivity index (χ1v) is 14.3. The third-order valence-corrected chi connectivity index (χ3v) is 8.24. The van der Waals surface area contributed by atoms with Gasteiger partial charge in [-0.3, -0.25) is 0 Å². The molecule has 0 radical (unpaired) electrons. The van der Waals surface area contributed by atoms with Crippen molar-refractivity contribution in [2.75, 3.05) is 0 Å². The van der Waals surface area contributed by atoms with Crippen molar-refractivity contribution in [3.05, 3.63) is 136 Å². The van der Waals surface area contributed by atoms with Crippen molar-refractivity contribution in [2.24, 2.45) is 0 Å². The van der Waals surface area contributed by atoms with Crippen molar-refractivity contribution in [3.63, 3.8) is 0 Å². The van der Waals surface area contributed by atoms with E-state index in [2.05, 4.69) is 0 Å². The zero-order valence-corrected chi connectivity index (χ0v) is 25.0. The average molecular weight is 762 g/mol. The summed E-state index contributed by atoms with van der Waals surface area (Å²) in [7, 11) is -3.31. The molecule has 7 aromatic carbocycles. The van der Waals surface area contributed by atoms with Gasteiger partial charge in [0.15, 0.2) is 81.4 Å². The zero-order valence-electron chi connectivity index (χ0n) is 25.0. The smallest absolute Gasteiger partial charge is 0.521 e. The molecule has 0 aliphatic rings. The minimum atomic E-state index is -3.31. The zero-order chi connectivity index (χ0) is 38.5. The summed E-state index contributed by atoms with van der Waals surface area (Å²) in [4.78, 5) is 0. The molecule has 0 fully saturated rings. The number of fused-ring (bicyclic) bond motifs is 4. The lowest BCUT2D eigenvalue weighted by atomic mass is 9.74. The predicted octanol–water partition coefficient (Wildman–Crippen LogP) is 10.4. The number of benzene rings is 7. The molecule has 0 saturated heterocycles. The Morgan fingerprint density at radius 3 is 1.51 bits per heavy atom. The molecule has 53 heavy (non-hydrogen) atoms. The Hall–Kier alpha value is -5.88. The van der Waals surface area contributed by atoms with Gasteiger partial charge in [-0.25, -0.2) is 65.9 Å². The molecule has 0 aliphatic carbocycles. The molecule has 0 unspecified atom stereocenters. The Kier molecular flexibility index (Phi) is 8.29.